The lowest BCUT2D eigenvalue weighted by Gasteiger charge is -2.13. The van der Waals surface area contributed by atoms with Crippen LogP contribution in [0.3, 0.4) is 0 Å². The highest BCUT2D eigenvalue weighted by atomic mass is 15.1. The molecule has 1 aliphatic heterocycles. The molecule has 0 atom stereocenters. The zero-order valence-electron chi connectivity index (χ0n) is 10.7. The topological polar surface area (TPSA) is 41.1 Å². The smallest absolute Gasteiger partial charge is 0.222 e. The number of hydrogen-bond donors (Lipinski definition) is 1. The van der Waals surface area contributed by atoms with Crippen molar-refractivity contribution in [3.8, 4) is 0 Å². The van der Waals surface area contributed by atoms with Crippen LogP contribution in [0.25, 0.3) is 0 Å². The van der Waals surface area contributed by atoms with Crippen LogP contribution in [0.4, 0.5) is 5.95 Å². The van der Waals surface area contributed by atoms with E-state index < -0.39 is 0 Å². The maximum absolute atomic E-state index is 4.32. The molecule has 1 N–H and O–H groups in total. The maximum Gasteiger partial charge on any atom is 0.222 e. The molecule has 0 spiro atoms. The van der Waals surface area contributed by atoms with Crippen molar-refractivity contribution in [2.24, 2.45) is 0 Å². The lowest BCUT2D eigenvalue weighted by molar-refractivity contribution is 0.331. The highest BCUT2D eigenvalue weighted by Gasteiger charge is 2.09. The number of likely N-dealkylation sites (tertiary alicyclic amines) is 1. The summed E-state index contributed by atoms with van der Waals surface area (Å²) in [5.74, 6) is 0.756. The molecule has 17 heavy (non-hydrogen) atoms. The monoisotopic (exact) mass is 234 g/mol. The van der Waals surface area contributed by atoms with Crippen LogP contribution < -0.4 is 5.32 Å². The minimum atomic E-state index is 0.756. The molecule has 0 bridgehead atoms. The average molecular weight is 234 g/mol. The summed E-state index contributed by atoms with van der Waals surface area (Å²) in [6, 6.07) is 1.92. The first-order valence-electron chi connectivity index (χ1n) is 6.60. The summed E-state index contributed by atoms with van der Waals surface area (Å²) in [6.45, 7) is 6.80. The number of anilines is 1. The van der Waals surface area contributed by atoms with Gasteiger partial charge in [0.15, 0.2) is 0 Å². The maximum atomic E-state index is 4.32. The molecule has 2 rings (SSSR count). The van der Waals surface area contributed by atoms with Gasteiger partial charge in [-0.25, -0.2) is 9.97 Å². The molecule has 2 heterocycles. The Hall–Kier alpha value is -1.16. The predicted molar refractivity (Wildman–Crippen MR) is 70.2 cm³/mol. The first-order valence-corrected chi connectivity index (χ1v) is 6.60. The van der Waals surface area contributed by atoms with E-state index in [4.69, 9.17) is 0 Å². The number of unbranched alkanes of at least 4 members (excludes halogenated alkanes) is 1. The lowest BCUT2D eigenvalue weighted by Crippen LogP contribution is -2.21. The third-order valence-electron chi connectivity index (χ3n) is 3.18. The van der Waals surface area contributed by atoms with E-state index >= 15 is 0 Å². The van der Waals surface area contributed by atoms with Gasteiger partial charge < -0.3 is 10.2 Å². The molecule has 0 radical (unpaired) electrons. The van der Waals surface area contributed by atoms with Crippen LogP contribution in [0.15, 0.2) is 12.3 Å². The zero-order valence-corrected chi connectivity index (χ0v) is 10.7. The van der Waals surface area contributed by atoms with Crippen molar-refractivity contribution < 1.29 is 0 Å². The molecule has 0 unspecified atom stereocenters. The first kappa shape index (κ1) is 12.3. The van der Waals surface area contributed by atoms with Gasteiger partial charge in [0.25, 0.3) is 0 Å². The highest BCUT2D eigenvalue weighted by molar-refractivity contribution is 5.24. The fourth-order valence-corrected chi connectivity index (χ4v) is 2.20. The molecule has 0 aromatic carbocycles. The second kappa shape index (κ2) is 6.55. The summed E-state index contributed by atoms with van der Waals surface area (Å²) >= 11 is 0. The van der Waals surface area contributed by atoms with Crippen molar-refractivity contribution in [1.29, 1.82) is 0 Å². The molecular formula is C13H22N4. The molecular weight excluding hydrogens is 212 g/mol. The third kappa shape index (κ3) is 4.30. The standard InChI is InChI=1S/C13H22N4/c1-12-6-8-15-13(16-12)14-7-2-3-9-17-10-4-5-11-17/h6,8H,2-5,7,9-11H2,1H3,(H,14,15,16). The van der Waals surface area contributed by atoms with Crippen LogP contribution in [0.1, 0.15) is 31.4 Å². The van der Waals surface area contributed by atoms with Crippen molar-refractivity contribution in [3.05, 3.63) is 18.0 Å². The van der Waals surface area contributed by atoms with Crippen LogP contribution in [0.5, 0.6) is 0 Å². The molecule has 4 nitrogen and oxygen atoms in total. The first-order chi connectivity index (χ1) is 8.34. The largest absolute Gasteiger partial charge is 0.354 e. The van der Waals surface area contributed by atoms with Crippen molar-refractivity contribution >= 4 is 5.95 Å². The van der Waals surface area contributed by atoms with Crippen molar-refractivity contribution in [2.75, 3.05) is 31.5 Å². The quantitative estimate of drug-likeness (QED) is 0.765. The van der Waals surface area contributed by atoms with Gasteiger partial charge in [0, 0.05) is 18.4 Å². The van der Waals surface area contributed by atoms with E-state index in [0.717, 1.165) is 18.2 Å². The minimum Gasteiger partial charge on any atom is -0.354 e. The van der Waals surface area contributed by atoms with E-state index in [-0.39, 0.29) is 0 Å². The van der Waals surface area contributed by atoms with Crippen LogP contribution in [0.2, 0.25) is 0 Å². The molecule has 1 aromatic heterocycles. The Morgan fingerprint density at radius 3 is 2.88 bits per heavy atom. The fraction of sp³-hybridized carbons (Fsp3) is 0.692. The van der Waals surface area contributed by atoms with Crippen LogP contribution in [-0.4, -0.2) is 41.0 Å². The number of aromatic nitrogens is 2. The van der Waals surface area contributed by atoms with Crippen LogP contribution in [-0.2, 0) is 0 Å². The summed E-state index contributed by atoms with van der Waals surface area (Å²) in [7, 11) is 0. The molecule has 4 heteroatoms. The second-order valence-corrected chi connectivity index (χ2v) is 4.70. The molecule has 1 saturated heterocycles. The van der Waals surface area contributed by atoms with E-state index in [1.54, 1.807) is 6.20 Å². The lowest BCUT2D eigenvalue weighted by atomic mass is 10.3. The molecule has 1 aliphatic rings. The fourth-order valence-electron chi connectivity index (χ4n) is 2.20. The van der Waals surface area contributed by atoms with Gasteiger partial charge in [-0.2, -0.15) is 0 Å². The summed E-state index contributed by atoms with van der Waals surface area (Å²) in [4.78, 5) is 11.1. The highest BCUT2D eigenvalue weighted by Crippen LogP contribution is 2.08. The summed E-state index contributed by atoms with van der Waals surface area (Å²) in [5, 5.41) is 3.27. The molecule has 1 aromatic rings. The normalized spacial score (nSPS) is 16.3. The van der Waals surface area contributed by atoms with E-state index in [1.807, 2.05) is 13.0 Å². The second-order valence-electron chi connectivity index (χ2n) is 4.70. The molecule has 0 saturated carbocycles. The Bertz CT molecular complexity index is 334. The molecule has 94 valence electrons. The average Bonchev–Trinajstić information content (AvgIpc) is 2.82. The Balaban J connectivity index is 1.56. The van der Waals surface area contributed by atoms with Gasteiger partial charge >= 0.3 is 0 Å². The SMILES string of the molecule is Cc1ccnc(NCCCCN2CCCC2)n1. The van der Waals surface area contributed by atoms with E-state index in [9.17, 15) is 0 Å². The van der Waals surface area contributed by atoms with E-state index in [2.05, 4.69) is 20.2 Å². The number of aryl methyl sites for hydroxylation is 1. The van der Waals surface area contributed by atoms with Crippen LogP contribution >= 0.6 is 0 Å². The molecule has 0 aliphatic carbocycles. The van der Waals surface area contributed by atoms with Gasteiger partial charge in [-0.1, -0.05) is 0 Å². The Kier molecular flexibility index (Phi) is 4.74. The zero-order chi connectivity index (χ0) is 11.9. The van der Waals surface area contributed by atoms with Crippen molar-refractivity contribution in [1.82, 2.24) is 14.9 Å². The Morgan fingerprint density at radius 2 is 2.12 bits per heavy atom. The number of nitrogens with one attached hydrogen (secondary N) is 1. The molecule has 1 fully saturated rings. The van der Waals surface area contributed by atoms with Crippen LogP contribution in [0, 0.1) is 6.92 Å². The number of nitrogens with zero attached hydrogens (tertiary/aromatic N) is 3. The van der Waals surface area contributed by atoms with E-state index in [0.29, 0.717) is 0 Å². The predicted octanol–water partition coefficient (Wildman–Crippen LogP) is 2.07. The van der Waals surface area contributed by atoms with Gasteiger partial charge in [0.2, 0.25) is 5.95 Å². The van der Waals surface area contributed by atoms with Crippen molar-refractivity contribution in [2.45, 2.75) is 32.6 Å². The van der Waals surface area contributed by atoms with Gasteiger partial charge in [-0.15, -0.1) is 0 Å². The summed E-state index contributed by atoms with van der Waals surface area (Å²) in [6.07, 6.45) is 7.02. The Morgan fingerprint density at radius 1 is 1.29 bits per heavy atom. The minimum absolute atomic E-state index is 0.756. The van der Waals surface area contributed by atoms with Gasteiger partial charge in [-0.3, -0.25) is 0 Å². The van der Waals surface area contributed by atoms with Gasteiger partial charge in [0.05, 0.1) is 0 Å². The van der Waals surface area contributed by atoms with Gasteiger partial charge in [0.1, 0.15) is 0 Å². The number of hydrogen-bond acceptors (Lipinski definition) is 4. The van der Waals surface area contributed by atoms with Crippen molar-refractivity contribution in [3.63, 3.8) is 0 Å². The number of rotatable bonds is 6. The van der Waals surface area contributed by atoms with Gasteiger partial charge in [-0.05, 0) is 58.3 Å². The van der Waals surface area contributed by atoms with E-state index in [1.165, 1.54) is 45.3 Å². The summed E-state index contributed by atoms with van der Waals surface area (Å²) in [5.41, 5.74) is 1.01. The Labute approximate surface area is 103 Å². The third-order valence-corrected chi connectivity index (χ3v) is 3.18. The summed E-state index contributed by atoms with van der Waals surface area (Å²) < 4.78 is 0. The molecule has 0 amide bonds.